The van der Waals surface area contributed by atoms with Gasteiger partial charge in [0.25, 0.3) is 0 Å². The summed E-state index contributed by atoms with van der Waals surface area (Å²) in [6.45, 7) is 1.28. The predicted molar refractivity (Wildman–Crippen MR) is 84.8 cm³/mol. The number of carboxylic acids is 1. The number of hydrogen-bond acceptors (Lipinski definition) is 4. The molecule has 0 aliphatic heterocycles. The van der Waals surface area contributed by atoms with E-state index in [9.17, 15) is 13.2 Å². The van der Waals surface area contributed by atoms with E-state index in [-0.39, 0.29) is 10.9 Å². The molecule has 0 radical (unpaired) electrons. The summed E-state index contributed by atoms with van der Waals surface area (Å²) < 4.78 is 32.3. The van der Waals surface area contributed by atoms with Gasteiger partial charge in [-0.25, -0.2) is 17.9 Å². The molecule has 6 nitrogen and oxygen atoms in total. The number of sulfonamides is 1. The van der Waals surface area contributed by atoms with Gasteiger partial charge in [-0.15, -0.1) is 0 Å². The summed E-state index contributed by atoms with van der Waals surface area (Å²) >= 11 is 0. The Kier molecular flexibility index (Phi) is 5.36. The number of rotatable bonds is 7. The van der Waals surface area contributed by atoms with Gasteiger partial charge in [-0.2, -0.15) is 0 Å². The van der Waals surface area contributed by atoms with Crippen LogP contribution in [-0.2, 0) is 14.8 Å². The number of aliphatic carboxylic acids is 1. The molecule has 2 aromatic carbocycles. The van der Waals surface area contributed by atoms with Crippen LogP contribution in [0, 0.1) is 0 Å². The molecule has 0 aliphatic carbocycles. The van der Waals surface area contributed by atoms with E-state index in [4.69, 9.17) is 9.84 Å². The van der Waals surface area contributed by atoms with Crippen LogP contribution in [0.25, 0.3) is 0 Å². The topological polar surface area (TPSA) is 92.7 Å². The highest BCUT2D eigenvalue weighted by atomic mass is 32.2. The van der Waals surface area contributed by atoms with Crippen LogP contribution in [0.5, 0.6) is 5.75 Å². The monoisotopic (exact) mass is 335 g/mol. The fourth-order valence-corrected chi connectivity index (χ4v) is 3.20. The maximum absolute atomic E-state index is 12.3. The minimum Gasteiger partial charge on any atom is -0.482 e. The third-order valence-corrected chi connectivity index (χ3v) is 4.68. The van der Waals surface area contributed by atoms with Gasteiger partial charge in [0.15, 0.2) is 6.61 Å². The van der Waals surface area contributed by atoms with Crippen molar-refractivity contribution in [3.05, 3.63) is 60.2 Å². The Hall–Kier alpha value is -2.38. The second-order valence-electron chi connectivity index (χ2n) is 4.91. The van der Waals surface area contributed by atoms with Crippen molar-refractivity contribution in [2.24, 2.45) is 0 Å². The van der Waals surface area contributed by atoms with Crippen molar-refractivity contribution in [3.8, 4) is 5.75 Å². The molecule has 0 aromatic heterocycles. The van der Waals surface area contributed by atoms with Crippen molar-refractivity contribution < 1.29 is 23.1 Å². The summed E-state index contributed by atoms with van der Waals surface area (Å²) in [5, 5.41) is 8.54. The van der Waals surface area contributed by atoms with E-state index < -0.39 is 22.6 Å². The van der Waals surface area contributed by atoms with Crippen LogP contribution < -0.4 is 9.46 Å². The zero-order valence-corrected chi connectivity index (χ0v) is 13.3. The molecule has 2 N–H and O–H groups in total. The zero-order chi connectivity index (χ0) is 16.9. The normalized spacial score (nSPS) is 12.6. The molecular weight excluding hydrogens is 318 g/mol. The third-order valence-electron chi connectivity index (χ3n) is 3.13. The first kappa shape index (κ1) is 17.0. The first-order valence-electron chi connectivity index (χ1n) is 6.90. The van der Waals surface area contributed by atoms with Gasteiger partial charge in [-0.1, -0.05) is 30.3 Å². The number of carbonyl (C=O) groups is 1. The highest BCUT2D eigenvalue weighted by Crippen LogP contribution is 2.19. The Morgan fingerprint density at radius 3 is 2.30 bits per heavy atom. The SMILES string of the molecule is C[C@H](NS(=O)(=O)c1ccc(OCC(=O)O)cc1)c1ccccc1. The molecule has 1 atom stereocenters. The van der Waals surface area contributed by atoms with Crippen molar-refractivity contribution in [3.63, 3.8) is 0 Å². The highest BCUT2D eigenvalue weighted by molar-refractivity contribution is 7.89. The summed E-state index contributed by atoms with van der Waals surface area (Å²) in [6.07, 6.45) is 0. The molecule has 0 heterocycles. The maximum atomic E-state index is 12.3. The summed E-state index contributed by atoms with van der Waals surface area (Å²) in [5.41, 5.74) is 0.859. The van der Waals surface area contributed by atoms with Gasteiger partial charge in [0.2, 0.25) is 10.0 Å². The number of ether oxygens (including phenoxy) is 1. The standard InChI is InChI=1S/C16H17NO5S/c1-12(13-5-3-2-4-6-13)17-23(20,21)15-9-7-14(8-10-15)22-11-16(18)19/h2-10,12,17H,11H2,1H3,(H,18,19)/t12-/m0/s1. The lowest BCUT2D eigenvalue weighted by molar-refractivity contribution is -0.139. The molecule has 0 saturated heterocycles. The number of benzene rings is 2. The Balaban J connectivity index is 2.08. The molecule has 2 rings (SSSR count). The van der Waals surface area contributed by atoms with Gasteiger partial charge in [-0.05, 0) is 36.8 Å². The Bertz CT molecular complexity index is 757. The third kappa shape index (κ3) is 4.80. The molecule has 0 spiro atoms. The van der Waals surface area contributed by atoms with Crippen molar-refractivity contribution in [2.75, 3.05) is 6.61 Å². The van der Waals surface area contributed by atoms with E-state index in [1.807, 2.05) is 30.3 Å². The number of hydrogen-bond donors (Lipinski definition) is 2. The summed E-state index contributed by atoms with van der Waals surface area (Å²) in [7, 11) is -3.68. The minimum absolute atomic E-state index is 0.0861. The van der Waals surface area contributed by atoms with E-state index in [2.05, 4.69) is 4.72 Å². The van der Waals surface area contributed by atoms with Crippen LogP contribution >= 0.6 is 0 Å². The number of carboxylic acid groups (broad SMARTS) is 1. The molecule has 2 aromatic rings. The van der Waals surface area contributed by atoms with Crippen LogP contribution in [0.3, 0.4) is 0 Å². The Labute approximate surface area is 134 Å². The first-order chi connectivity index (χ1) is 10.9. The first-order valence-corrected chi connectivity index (χ1v) is 8.39. The molecule has 0 amide bonds. The zero-order valence-electron chi connectivity index (χ0n) is 12.5. The lowest BCUT2D eigenvalue weighted by atomic mass is 10.1. The lowest BCUT2D eigenvalue weighted by Gasteiger charge is -2.15. The molecule has 0 unspecified atom stereocenters. The lowest BCUT2D eigenvalue weighted by Crippen LogP contribution is -2.26. The fourth-order valence-electron chi connectivity index (χ4n) is 1.97. The van der Waals surface area contributed by atoms with E-state index in [1.54, 1.807) is 6.92 Å². The highest BCUT2D eigenvalue weighted by Gasteiger charge is 2.18. The molecule has 7 heteroatoms. The molecular formula is C16H17NO5S. The van der Waals surface area contributed by atoms with Crippen LogP contribution in [0.15, 0.2) is 59.5 Å². The maximum Gasteiger partial charge on any atom is 0.341 e. The molecule has 122 valence electrons. The molecule has 0 saturated carbocycles. The smallest absolute Gasteiger partial charge is 0.341 e. The molecule has 0 bridgehead atoms. The van der Waals surface area contributed by atoms with E-state index in [0.29, 0.717) is 5.75 Å². The average Bonchev–Trinajstić information content (AvgIpc) is 2.53. The molecule has 0 aliphatic rings. The second kappa shape index (κ2) is 7.26. The van der Waals surface area contributed by atoms with Crippen LogP contribution in [-0.4, -0.2) is 26.1 Å². The number of nitrogens with one attached hydrogen (secondary N) is 1. The van der Waals surface area contributed by atoms with Crippen LogP contribution in [0.1, 0.15) is 18.5 Å². The van der Waals surface area contributed by atoms with Crippen LogP contribution in [0.2, 0.25) is 0 Å². The largest absolute Gasteiger partial charge is 0.482 e. The van der Waals surface area contributed by atoms with Gasteiger partial charge < -0.3 is 9.84 Å². The van der Waals surface area contributed by atoms with Crippen molar-refractivity contribution in [2.45, 2.75) is 17.9 Å². The summed E-state index contributed by atoms with van der Waals surface area (Å²) in [6, 6.07) is 14.4. The average molecular weight is 335 g/mol. The van der Waals surface area contributed by atoms with E-state index >= 15 is 0 Å². The second-order valence-corrected chi connectivity index (χ2v) is 6.62. The van der Waals surface area contributed by atoms with Gasteiger partial charge >= 0.3 is 5.97 Å². The van der Waals surface area contributed by atoms with Crippen LogP contribution in [0.4, 0.5) is 0 Å². The fraction of sp³-hybridized carbons (Fsp3) is 0.188. The predicted octanol–water partition coefficient (Wildman–Crippen LogP) is 2.19. The van der Waals surface area contributed by atoms with Crippen molar-refractivity contribution in [1.82, 2.24) is 4.72 Å². The van der Waals surface area contributed by atoms with Gasteiger partial charge in [0.1, 0.15) is 5.75 Å². The minimum atomic E-state index is -3.68. The molecule has 23 heavy (non-hydrogen) atoms. The van der Waals surface area contributed by atoms with Gasteiger partial charge in [0, 0.05) is 6.04 Å². The van der Waals surface area contributed by atoms with Crippen molar-refractivity contribution in [1.29, 1.82) is 0 Å². The molecule has 0 fully saturated rings. The quantitative estimate of drug-likeness (QED) is 0.809. The van der Waals surface area contributed by atoms with Gasteiger partial charge in [0.05, 0.1) is 4.90 Å². The van der Waals surface area contributed by atoms with E-state index in [1.165, 1.54) is 24.3 Å². The Morgan fingerprint density at radius 2 is 1.74 bits per heavy atom. The summed E-state index contributed by atoms with van der Waals surface area (Å²) in [4.78, 5) is 10.5. The Morgan fingerprint density at radius 1 is 1.13 bits per heavy atom. The van der Waals surface area contributed by atoms with Gasteiger partial charge in [-0.3, -0.25) is 0 Å². The summed E-state index contributed by atoms with van der Waals surface area (Å²) in [5.74, 6) is -0.803. The van der Waals surface area contributed by atoms with Crippen molar-refractivity contribution >= 4 is 16.0 Å². The van der Waals surface area contributed by atoms with E-state index in [0.717, 1.165) is 5.56 Å².